The standard InChI is InChI=1S/C17H14Br2FN3O2/c18-9-15(24)21-14-7-6-12(20)8-13(14)17(23-22-16(25)10-19)11-4-2-1-3-5-11/h1-8H,9-10H2,(H,21,24)(H,22,25). The van der Waals surface area contributed by atoms with Gasteiger partial charge in [-0.2, -0.15) is 5.10 Å². The van der Waals surface area contributed by atoms with Crippen LogP contribution in [0.3, 0.4) is 0 Å². The summed E-state index contributed by atoms with van der Waals surface area (Å²) in [6, 6.07) is 12.9. The number of nitrogens with zero attached hydrogens (tertiary/aromatic N) is 1. The predicted molar refractivity (Wildman–Crippen MR) is 103 cm³/mol. The lowest BCUT2D eigenvalue weighted by atomic mass is 10.0. The molecule has 2 N–H and O–H groups in total. The zero-order valence-corrected chi connectivity index (χ0v) is 16.1. The minimum Gasteiger partial charge on any atom is -0.325 e. The fraction of sp³-hybridized carbons (Fsp3) is 0.118. The number of nitrogens with one attached hydrogen (secondary N) is 2. The molecule has 0 heterocycles. The molecule has 2 amide bonds. The summed E-state index contributed by atoms with van der Waals surface area (Å²) < 4.78 is 13.8. The zero-order chi connectivity index (χ0) is 18.2. The van der Waals surface area contributed by atoms with E-state index >= 15 is 0 Å². The second-order valence-corrected chi connectivity index (χ2v) is 5.99. The van der Waals surface area contributed by atoms with Crippen molar-refractivity contribution in [3.05, 3.63) is 65.5 Å². The lowest BCUT2D eigenvalue weighted by Gasteiger charge is -2.13. The molecule has 25 heavy (non-hydrogen) atoms. The largest absolute Gasteiger partial charge is 0.325 e. The average Bonchev–Trinajstić information content (AvgIpc) is 2.64. The first-order valence-electron chi connectivity index (χ1n) is 7.18. The lowest BCUT2D eigenvalue weighted by molar-refractivity contribution is -0.118. The van der Waals surface area contributed by atoms with Crippen molar-refractivity contribution in [2.45, 2.75) is 0 Å². The van der Waals surface area contributed by atoms with Crippen LogP contribution in [0, 0.1) is 5.82 Å². The SMILES string of the molecule is O=C(CBr)NN=C(c1ccccc1)c1cc(F)ccc1NC(=O)CBr. The van der Waals surface area contributed by atoms with Gasteiger partial charge >= 0.3 is 0 Å². The van der Waals surface area contributed by atoms with Crippen LogP contribution in [0.5, 0.6) is 0 Å². The van der Waals surface area contributed by atoms with Crippen molar-refractivity contribution in [1.82, 2.24) is 5.43 Å². The van der Waals surface area contributed by atoms with Gasteiger partial charge in [0.25, 0.3) is 5.91 Å². The van der Waals surface area contributed by atoms with E-state index in [1.807, 2.05) is 6.07 Å². The summed E-state index contributed by atoms with van der Waals surface area (Å²) in [4.78, 5) is 23.3. The molecule has 2 rings (SSSR count). The van der Waals surface area contributed by atoms with Crippen LogP contribution < -0.4 is 10.7 Å². The van der Waals surface area contributed by atoms with Crippen molar-refractivity contribution in [2.24, 2.45) is 5.10 Å². The first-order chi connectivity index (χ1) is 12.0. The van der Waals surface area contributed by atoms with Crippen LogP contribution in [0.1, 0.15) is 11.1 Å². The number of amides is 2. The monoisotopic (exact) mass is 469 g/mol. The smallest absolute Gasteiger partial charge is 0.250 e. The normalized spacial score (nSPS) is 11.1. The summed E-state index contributed by atoms with van der Waals surface area (Å²) in [5.74, 6) is -1.12. The van der Waals surface area contributed by atoms with Crippen LogP contribution in [0.4, 0.5) is 10.1 Å². The van der Waals surface area contributed by atoms with Gasteiger partial charge in [-0.3, -0.25) is 9.59 Å². The number of anilines is 1. The summed E-state index contributed by atoms with van der Waals surface area (Å²) >= 11 is 6.12. The molecule has 0 aliphatic carbocycles. The van der Waals surface area contributed by atoms with Gasteiger partial charge in [0.1, 0.15) is 11.5 Å². The minimum atomic E-state index is -0.484. The van der Waals surface area contributed by atoms with Crippen molar-refractivity contribution < 1.29 is 14.0 Å². The zero-order valence-electron chi connectivity index (χ0n) is 12.9. The van der Waals surface area contributed by atoms with Crippen LogP contribution >= 0.6 is 31.9 Å². The Labute approximate surface area is 161 Å². The number of alkyl halides is 2. The third-order valence-electron chi connectivity index (χ3n) is 3.09. The Kier molecular flexibility index (Phi) is 7.27. The van der Waals surface area contributed by atoms with E-state index in [1.54, 1.807) is 24.3 Å². The molecule has 130 valence electrons. The van der Waals surface area contributed by atoms with E-state index in [4.69, 9.17) is 0 Å². The summed E-state index contributed by atoms with van der Waals surface area (Å²) in [5.41, 5.74) is 4.15. The Balaban J connectivity index is 2.55. The van der Waals surface area contributed by atoms with Crippen molar-refractivity contribution >= 4 is 55.1 Å². The average molecular weight is 471 g/mol. The molecule has 5 nitrogen and oxygen atoms in total. The Hall–Kier alpha value is -2.06. The highest BCUT2D eigenvalue weighted by atomic mass is 79.9. The number of hydrogen-bond donors (Lipinski definition) is 2. The minimum absolute atomic E-state index is 0.0783. The molecule has 0 aromatic heterocycles. The van der Waals surface area contributed by atoms with Crippen LogP contribution in [0.25, 0.3) is 0 Å². The van der Waals surface area contributed by atoms with Crippen molar-refractivity contribution in [3.8, 4) is 0 Å². The molecule has 0 atom stereocenters. The second-order valence-electron chi connectivity index (χ2n) is 4.87. The van der Waals surface area contributed by atoms with Crippen LogP contribution in [-0.2, 0) is 9.59 Å². The van der Waals surface area contributed by atoms with Gasteiger partial charge < -0.3 is 5.32 Å². The highest BCUT2D eigenvalue weighted by molar-refractivity contribution is 9.09. The summed E-state index contributed by atoms with van der Waals surface area (Å²) in [5, 5.41) is 6.99. The Morgan fingerprint density at radius 2 is 1.68 bits per heavy atom. The molecule has 0 aliphatic heterocycles. The van der Waals surface area contributed by atoms with E-state index < -0.39 is 5.82 Å². The number of rotatable bonds is 6. The van der Waals surface area contributed by atoms with Gasteiger partial charge in [0, 0.05) is 11.1 Å². The van der Waals surface area contributed by atoms with E-state index in [0.29, 0.717) is 22.5 Å². The molecular weight excluding hydrogens is 457 g/mol. The van der Waals surface area contributed by atoms with Crippen LogP contribution in [0.15, 0.2) is 53.6 Å². The van der Waals surface area contributed by atoms with Gasteiger partial charge in [-0.15, -0.1) is 0 Å². The molecule has 2 aromatic carbocycles. The molecular formula is C17H14Br2FN3O2. The fourth-order valence-corrected chi connectivity index (χ4v) is 2.30. The third kappa shape index (κ3) is 5.47. The van der Waals surface area contributed by atoms with E-state index in [0.717, 1.165) is 0 Å². The highest BCUT2D eigenvalue weighted by Gasteiger charge is 2.15. The summed E-state index contributed by atoms with van der Waals surface area (Å²) in [6.07, 6.45) is 0. The quantitative estimate of drug-likeness (QED) is 0.385. The number of hydrazone groups is 1. The van der Waals surface area contributed by atoms with Gasteiger partial charge in [-0.25, -0.2) is 9.82 Å². The first kappa shape index (κ1) is 19.3. The Morgan fingerprint density at radius 3 is 2.32 bits per heavy atom. The van der Waals surface area contributed by atoms with Gasteiger partial charge in [-0.05, 0) is 18.2 Å². The van der Waals surface area contributed by atoms with Gasteiger partial charge in [0.15, 0.2) is 0 Å². The number of halogens is 3. The van der Waals surface area contributed by atoms with Gasteiger partial charge in [0.2, 0.25) is 5.91 Å². The molecule has 0 saturated heterocycles. The predicted octanol–water partition coefficient (Wildman–Crippen LogP) is 3.42. The van der Waals surface area contributed by atoms with E-state index in [1.165, 1.54) is 18.2 Å². The van der Waals surface area contributed by atoms with Crippen molar-refractivity contribution in [2.75, 3.05) is 16.0 Å². The molecule has 8 heteroatoms. The molecule has 0 unspecified atom stereocenters. The number of carbonyl (C=O) groups is 2. The van der Waals surface area contributed by atoms with E-state index in [-0.39, 0.29) is 22.5 Å². The molecule has 0 saturated carbocycles. The van der Waals surface area contributed by atoms with E-state index in [2.05, 4.69) is 47.7 Å². The first-order valence-corrected chi connectivity index (χ1v) is 9.43. The number of carbonyl (C=O) groups excluding carboxylic acids is 2. The molecule has 0 fully saturated rings. The molecule has 0 radical (unpaired) electrons. The molecule has 0 bridgehead atoms. The Morgan fingerprint density at radius 1 is 1.00 bits per heavy atom. The highest BCUT2D eigenvalue weighted by Crippen LogP contribution is 2.22. The van der Waals surface area contributed by atoms with Gasteiger partial charge in [-0.1, -0.05) is 62.2 Å². The maximum atomic E-state index is 13.8. The van der Waals surface area contributed by atoms with Crippen LogP contribution in [-0.4, -0.2) is 28.2 Å². The lowest BCUT2D eigenvalue weighted by Crippen LogP contribution is -2.22. The molecule has 0 spiro atoms. The maximum Gasteiger partial charge on any atom is 0.250 e. The topological polar surface area (TPSA) is 70.6 Å². The fourth-order valence-electron chi connectivity index (χ4n) is 2.03. The second kappa shape index (κ2) is 9.43. The summed E-state index contributed by atoms with van der Waals surface area (Å²) in [6.45, 7) is 0. The van der Waals surface area contributed by atoms with Crippen molar-refractivity contribution in [3.63, 3.8) is 0 Å². The number of benzene rings is 2. The van der Waals surface area contributed by atoms with Crippen LogP contribution in [0.2, 0.25) is 0 Å². The van der Waals surface area contributed by atoms with E-state index in [9.17, 15) is 14.0 Å². The Bertz CT molecular complexity index is 798. The van der Waals surface area contributed by atoms with Gasteiger partial charge in [0.05, 0.1) is 16.3 Å². The number of hydrogen-bond acceptors (Lipinski definition) is 3. The summed E-state index contributed by atoms with van der Waals surface area (Å²) in [7, 11) is 0. The molecule has 2 aromatic rings. The third-order valence-corrected chi connectivity index (χ3v) is 4.11. The van der Waals surface area contributed by atoms with Crippen molar-refractivity contribution in [1.29, 1.82) is 0 Å². The maximum absolute atomic E-state index is 13.8. The molecule has 0 aliphatic rings.